The first-order valence-corrected chi connectivity index (χ1v) is 9.66. The Balaban J connectivity index is 1.67. The first-order valence-electron chi connectivity index (χ1n) is 8.84. The molecular formula is C20H19N5O3S. The Kier molecular flexibility index (Phi) is 5.24. The molecule has 0 aliphatic carbocycles. The molecular weight excluding hydrogens is 390 g/mol. The monoisotopic (exact) mass is 409 g/mol. The minimum atomic E-state index is -0.211. The smallest absolute Gasteiger partial charge is 0.266 e. The zero-order valence-corrected chi connectivity index (χ0v) is 17.0. The third kappa shape index (κ3) is 3.69. The minimum absolute atomic E-state index is 0.211. The number of thiophene rings is 1. The fourth-order valence-electron chi connectivity index (χ4n) is 3.06. The SMILES string of the molecule is COCc1nc(OC)c2c(C)c(C(=O)Nc3cccc(-c4ncc[nH]4)c3)sc2n1. The lowest BCUT2D eigenvalue weighted by Crippen LogP contribution is -2.11. The van der Waals surface area contributed by atoms with Crippen molar-refractivity contribution in [3.05, 3.63) is 52.9 Å². The number of anilines is 1. The zero-order valence-electron chi connectivity index (χ0n) is 16.1. The number of rotatable bonds is 6. The summed E-state index contributed by atoms with van der Waals surface area (Å²) in [7, 11) is 3.13. The van der Waals surface area contributed by atoms with Gasteiger partial charge in [0.2, 0.25) is 5.88 Å². The lowest BCUT2D eigenvalue weighted by Gasteiger charge is -2.06. The van der Waals surface area contributed by atoms with Crippen LogP contribution in [0.25, 0.3) is 21.6 Å². The van der Waals surface area contributed by atoms with Crippen LogP contribution in [-0.2, 0) is 11.3 Å². The molecule has 9 heteroatoms. The van der Waals surface area contributed by atoms with Gasteiger partial charge in [-0.3, -0.25) is 4.79 Å². The molecule has 0 unspecified atom stereocenters. The Morgan fingerprint density at radius 1 is 1.28 bits per heavy atom. The van der Waals surface area contributed by atoms with Crippen molar-refractivity contribution in [2.24, 2.45) is 0 Å². The first kappa shape index (κ1) is 19.0. The van der Waals surface area contributed by atoms with Crippen LogP contribution in [0, 0.1) is 6.92 Å². The van der Waals surface area contributed by atoms with Crippen LogP contribution in [0.1, 0.15) is 21.1 Å². The number of ether oxygens (including phenoxy) is 2. The number of hydrogen-bond acceptors (Lipinski definition) is 7. The molecule has 0 spiro atoms. The standard InChI is InChI=1S/C20H19N5O3S/c1-11-15-19(28-3)24-14(10-27-2)25-20(15)29-16(11)18(26)23-13-6-4-5-12(9-13)17-21-7-8-22-17/h4-9H,10H2,1-3H3,(H,21,22)(H,23,26). The Hall–Kier alpha value is -3.30. The van der Waals surface area contributed by atoms with Crippen LogP contribution in [0.4, 0.5) is 5.69 Å². The number of fused-ring (bicyclic) bond motifs is 1. The van der Waals surface area contributed by atoms with Crippen LogP contribution >= 0.6 is 11.3 Å². The third-order valence-electron chi connectivity index (χ3n) is 4.37. The Morgan fingerprint density at radius 3 is 2.86 bits per heavy atom. The van der Waals surface area contributed by atoms with E-state index in [2.05, 4.69) is 25.3 Å². The van der Waals surface area contributed by atoms with Gasteiger partial charge in [-0.25, -0.2) is 9.97 Å². The van der Waals surface area contributed by atoms with Crippen molar-refractivity contribution < 1.29 is 14.3 Å². The molecule has 0 bridgehead atoms. The highest BCUT2D eigenvalue weighted by atomic mass is 32.1. The summed E-state index contributed by atoms with van der Waals surface area (Å²) in [5.74, 6) is 1.48. The molecule has 1 aromatic carbocycles. The number of nitrogens with one attached hydrogen (secondary N) is 2. The maximum atomic E-state index is 13.0. The highest BCUT2D eigenvalue weighted by Crippen LogP contribution is 2.35. The van der Waals surface area contributed by atoms with Crippen molar-refractivity contribution in [3.8, 4) is 17.3 Å². The van der Waals surface area contributed by atoms with Gasteiger partial charge in [0.05, 0.1) is 17.4 Å². The molecule has 148 valence electrons. The van der Waals surface area contributed by atoms with Crippen LogP contribution in [-0.4, -0.2) is 40.1 Å². The number of H-pyrrole nitrogens is 1. The maximum Gasteiger partial charge on any atom is 0.266 e. The summed E-state index contributed by atoms with van der Waals surface area (Å²) < 4.78 is 10.5. The van der Waals surface area contributed by atoms with Crippen LogP contribution in [0.15, 0.2) is 36.7 Å². The molecule has 0 saturated carbocycles. The molecule has 0 fully saturated rings. The van der Waals surface area contributed by atoms with E-state index >= 15 is 0 Å². The number of benzene rings is 1. The predicted molar refractivity (Wildman–Crippen MR) is 111 cm³/mol. The number of carbonyl (C=O) groups excluding carboxylic acids is 1. The second kappa shape index (κ2) is 7.98. The van der Waals surface area contributed by atoms with Crippen LogP contribution in [0.5, 0.6) is 5.88 Å². The quantitative estimate of drug-likeness (QED) is 0.502. The molecule has 0 atom stereocenters. The van der Waals surface area contributed by atoms with E-state index in [-0.39, 0.29) is 12.5 Å². The van der Waals surface area contributed by atoms with Crippen molar-refractivity contribution in [2.75, 3.05) is 19.5 Å². The molecule has 0 aliphatic rings. The number of aromatic amines is 1. The van der Waals surface area contributed by atoms with E-state index in [4.69, 9.17) is 9.47 Å². The predicted octanol–water partition coefficient (Wildman–Crippen LogP) is 3.80. The number of methoxy groups -OCH3 is 2. The molecule has 8 nitrogen and oxygen atoms in total. The molecule has 0 radical (unpaired) electrons. The molecule has 4 aromatic rings. The summed E-state index contributed by atoms with van der Waals surface area (Å²) in [6.45, 7) is 2.14. The lowest BCUT2D eigenvalue weighted by molar-refractivity contribution is 0.103. The zero-order chi connectivity index (χ0) is 20.4. The molecule has 29 heavy (non-hydrogen) atoms. The summed E-state index contributed by atoms with van der Waals surface area (Å²) in [5.41, 5.74) is 2.35. The highest BCUT2D eigenvalue weighted by molar-refractivity contribution is 7.20. The van der Waals surface area contributed by atoms with Crippen molar-refractivity contribution in [3.63, 3.8) is 0 Å². The lowest BCUT2D eigenvalue weighted by atomic mass is 10.1. The molecule has 2 N–H and O–H groups in total. The van der Waals surface area contributed by atoms with Gasteiger partial charge in [-0.05, 0) is 24.6 Å². The second-order valence-electron chi connectivity index (χ2n) is 6.29. The van der Waals surface area contributed by atoms with Crippen LogP contribution in [0.2, 0.25) is 0 Å². The number of nitrogens with zero attached hydrogens (tertiary/aromatic N) is 3. The summed E-state index contributed by atoms with van der Waals surface area (Å²) in [6.07, 6.45) is 3.45. The highest BCUT2D eigenvalue weighted by Gasteiger charge is 2.21. The van der Waals surface area contributed by atoms with Crippen LogP contribution < -0.4 is 10.1 Å². The van der Waals surface area contributed by atoms with Crippen molar-refractivity contribution >= 4 is 33.1 Å². The largest absolute Gasteiger partial charge is 0.480 e. The van der Waals surface area contributed by atoms with E-state index in [0.717, 1.165) is 22.3 Å². The summed E-state index contributed by atoms with van der Waals surface area (Å²) in [4.78, 5) is 30.4. The van der Waals surface area contributed by atoms with E-state index in [1.54, 1.807) is 26.6 Å². The summed E-state index contributed by atoms with van der Waals surface area (Å²) >= 11 is 1.31. The average Bonchev–Trinajstić information content (AvgIpc) is 3.36. The van der Waals surface area contributed by atoms with Gasteiger partial charge in [0.25, 0.3) is 5.91 Å². The van der Waals surface area contributed by atoms with Gasteiger partial charge in [0.1, 0.15) is 17.3 Å². The number of aromatic nitrogens is 4. The van der Waals surface area contributed by atoms with Gasteiger partial charge in [0.15, 0.2) is 5.82 Å². The Bertz CT molecular complexity index is 1170. The van der Waals surface area contributed by atoms with Gasteiger partial charge >= 0.3 is 0 Å². The number of aryl methyl sites for hydroxylation is 1. The fourth-order valence-corrected chi connectivity index (χ4v) is 4.14. The first-order chi connectivity index (χ1) is 14.1. The van der Waals surface area contributed by atoms with E-state index in [9.17, 15) is 4.79 Å². The molecule has 0 aliphatic heterocycles. The molecule has 3 heterocycles. The van der Waals surface area contributed by atoms with Gasteiger partial charge in [0, 0.05) is 30.8 Å². The van der Waals surface area contributed by atoms with Crippen molar-refractivity contribution in [1.29, 1.82) is 0 Å². The third-order valence-corrected chi connectivity index (χ3v) is 5.55. The molecule has 1 amide bonds. The molecule has 3 aromatic heterocycles. The number of carbonyl (C=O) groups is 1. The van der Waals surface area contributed by atoms with Crippen molar-refractivity contribution in [2.45, 2.75) is 13.5 Å². The van der Waals surface area contributed by atoms with E-state index in [1.165, 1.54) is 11.3 Å². The molecule has 4 rings (SSSR count). The van der Waals surface area contributed by atoms with E-state index < -0.39 is 0 Å². The summed E-state index contributed by atoms with van der Waals surface area (Å²) in [6, 6.07) is 7.51. The average molecular weight is 409 g/mol. The van der Waals surface area contributed by atoms with E-state index in [0.29, 0.717) is 27.1 Å². The van der Waals surface area contributed by atoms with Gasteiger partial charge in [-0.2, -0.15) is 4.98 Å². The maximum absolute atomic E-state index is 13.0. The minimum Gasteiger partial charge on any atom is -0.480 e. The summed E-state index contributed by atoms with van der Waals surface area (Å²) in [5, 5.41) is 3.70. The van der Waals surface area contributed by atoms with Gasteiger partial charge in [-0.15, -0.1) is 11.3 Å². The number of hydrogen-bond donors (Lipinski definition) is 2. The second-order valence-corrected chi connectivity index (χ2v) is 7.29. The van der Waals surface area contributed by atoms with Crippen LogP contribution in [0.3, 0.4) is 0 Å². The van der Waals surface area contributed by atoms with E-state index in [1.807, 2.05) is 31.2 Å². The van der Waals surface area contributed by atoms with Crippen molar-refractivity contribution in [1.82, 2.24) is 19.9 Å². The van der Waals surface area contributed by atoms with Gasteiger partial charge < -0.3 is 19.8 Å². The Labute approximate surface area is 170 Å². The fraction of sp³-hybridized carbons (Fsp3) is 0.200. The van der Waals surface area contributed by atoms with Gasteiger partial charge in [-0.1, -0.05) is 12.1 Å². The molecule has 0 saturated heterocycles. The normalized spacial score (nSPS) is 11.0. The number of amides is 1. The topological polar surface area (TPSA) is 102 Å². The Morgan fingerprint density at radius 2 is 2.14 bits per heavy atom. The number of imidazole rings is 1.